The molecule has 2 rings (SSSR count). The van der Waals surface area contributed by atoms with Gasteiger partial charge < -0.3 is 4.90 Å². The fourth-order valence-corrected chi connectivity index (χ4v) is 2.52. The smallest absolute Gasteiger partial charge is 0.283 e. The standard InChI is InChI=1S/C11H14N2O2S/c14-16(15,11-6-2-1-3-7-11)12-10-13-8-4-5-9-13/h1-3,6-7,10H,4-5,8-9H2/b12-10+. The van der Waals surface area contributed by atoms with Gasteiger partial charge in [0.15, 0.2) is 0 Å². The van der Waals surface area contributed by atoms with Crippen LogP contribution in [0.4, 0.5) is 0 Å². The van der Waals surface area contributed by atoms with Crippen LogP contribution in [0.2, 0.25) is 0 Å². The Bertz CT molecular complexity index is 462. The molecule has 4 nitrogen and oxygen atoms in total. The van der Waals surface area contributed by atoms with Crippen molar-refractivity contribution in [2.45, 2.75) is 17.7 Å². The van der Waals surface area contributed by atoms with Crippen LogP contribution < -0.4 is 0 Å². The molecule has 0 radical (unpaired) electrons. The minimum absolute atomic E-state index is 0.241. The molecule has 0 aliphatic carbocycles. The van der Waals surface area contributed by atoms with Crippen LogP contribution in [0.1, 0.15) is 12.8 Å². The summed E-state index contributed by atoms with van der Waals surface area (Å²) in [7, 11) is -3.52. The van der Waals surface area contributed by atoms with Crippen molar-refractivity contribution in [2.75, 3.05) is 13.1 Å². The van der Waals surface area contributed by atoms with Crippen LogP contribution in [0.15, 0.2) is 39.6 Å². The maximum Gasteiger partial charge on any atom is 0.283 e. The molecule has 0 aromatic heterocycles. The van der Waals surface area contributed by atoms with E-state index in [9.17, 15) is 8.42 Å². The molecule has 86 valence electrons. The third-order valence-corrected chi connectivity index (χ3v) is 3.77. The normalized spacial score (nSPS) is 17.1. The van der Waals surface area contributed by atoms with Crippen molar-refractivity contribution in [3.8, 4) is 0 Å². The Morgan fingerprint density at radius 1 is 1.12 bits per heavy atom. The first kappa shape index (κ1) is 11.1. The lowest BCUT2D eigenvalue weighted by Gasteiger charge is -2.08. The van der Waals surface area contributed by atoms with Crippen molar-refractivity contribution in [2.24, 2.45) is 4.40 Å². The Hall–Kier alpha value is -1.36. The number of hydrogen-bond donors (Lipinski definition) is 0. The average Bonchev–Trinajstić information content (AvgIpc) is 2.81. The highest BCUT2D eigenvalue weighted by Crippen LogP contribution is 2.11. The van der Waals surface area contributed by atoms with Gasteiger partial charge >= 0.3 is 0 Å². The van der Waals surface area contributed by atoms with Crippen molar-refractivity contribution in [3.63, 3.8) is 0 Å². The van der Waals surface area contributed by atoms with Crippen molar-refractivity contribution in [1.29, 1.82) is 0 Å². The van der Waals surface area contributed by atoms with E-state index < -0.39 is 10.0 Å². The predicted octanol–water partition coefficient (Wildman–Crippen LogP) is 1.50. The molecule has 5 heteroatoms. The second kappa shape index (κ2) is 4.65. The fourth-order valence-electron chi connectivity index (χ4n) is 1.64. The highest BCUT2D eigenvalue weighted by atomic mass is 32.2. The highest BCUT2D eigenvalue weighted by molar-refractivity contribution is 7.90. The molecule has 1 aliphatic rings. The summed E-state index contributed by atoms with van der Waals surface area (Å²) in [5, 5.41) is 0. The van der Waals surface area contributed by atoms with E-state index in [1.807, 2.05) is 4.90 Å². The fraction of sp³-hybridized carbons (Fsp3) is 0.364. The molecule has 0 unspecified atom stereocenters. The summed E-state index contributed by atoms with van der Waals surface area (Å²) in [4.78, 5) is 2.17. The minimum atomic E-state index is -3.52. The summed E-state index contributed by atoms with van der Waals surface area (Å²) in [5.74, 6) is 0. The van der Waals surface area contributed by atoms with E-state index in [0.29, 0.717) is 0 Å². The zero-order chi connectivity index (χ0) is 11.4. The first-order chi connectivity index (χ1) is 7.68. The molecule has 1 heterocycles. The van der Waals surface area contributed by atoms with E-state index >= 15 is 0 Å². The van der Waals surface area contributed by atoms with Gasteiger partial charge in [0, 0.05) is 13.1 Å². The van der Waals surface area contributed by atoms with Crippen LogP contribution in [0, 0.1) is 0 Å². The Morgan fingerprint density at radius 3 is 2.38 bits per heavy atom. The Labute approximate surface area is 95.7 Å². The van der Waals surface area contributed by atoms with Gasteiger partial charge in [0.2, 0.25) is 0 Å². The third-order valence-electron chi connectivity index (χ3n) is 2.53. The molecular formula is C11H14N2O2S. The molecule has 0 N–H and O–H groups in total. The summed E-state index contributed by atoms with van der Waals surface area (Å²) < 4.78 is 27.2. The van der Waals surface area contributed by atoms with Gasteiger partial charge in [-0.1, -0.05) is 18.2 Å². The van der Waals surface area contributed by atoms with E-state index in [0.717, 1.165) is 25.9 Å². The second-order valence-electron chi connectivity index (χ2n) is 3.75. The van der Waals surface area contributed by atoms with Crippen LogP contribution in [0.3, 0.4) is 0 Å². The first-order valence-electron chi connectivity index (χ1n) is 5.28. The number of sulfonamides is 1. The van der Waals surface area contributed by atoms with Crippen LogP contribution in [-0.4, -0.2) is 32.7 Å². The van der Waals surface area contributed by atoms with Gasteiger partial charge in [-0.2, -0.15) is 8.42 Å². The average molecular weight is 238 g/mol. The zero-order valence-corrected chi connectivity index (χ0v) is 9.73. The molecule has 0 spiro atoms. The number of benzene rings is 1. The lowest BCUT2D eigenvalue weighted by atomic mass is 10.4. The lowest BCUT2D eigenvalue weighted by Crippen LogP contribution is -2.17. The largest absolute Gasteiger partial charge is 0.362 e. The highest BCUT2D eigenvalue weighted by Gasteiger charge is 2.12. The summed E-state index contributed by atoms with van der Waals surface area (Å²) in [6.07, 6.45) is 3.66. The molecular weight excluding hydrogens is 224 g/mol. The molecule has 1 aromatic carbocycles. The maximum atomic E-state index is 11.8. The molecule has 1 saturated heterocycles. The van der Waals surface area contributed by atoms with E-state index in [-0.39, 0.29) is 4.90 Å². The van der Waals surface area contributed by atoms with Gasteiger partial charge in [-0.05, 0) is 25.0 Å². The Morgan fingerprint density at radius 2 is 1.75 bits per heavy atom. The van der Waals surface area contributed by atoms with E-state index in [1.165, 1.54) is 6.34 Å². The van der Waals surface area contributed by atoms with Gasteiger partial charge in [0.05, 0.1) is 4.90 Å². The van der Waals surface area contributed by atoms with Crippen molar-refractivity contribution >= 4 is 16.4 Å². The van der Waals surface area contributed by atoms with Crippen LogP contribution in [-0.2, 0) is 10.0 Å². The van der Waals surface area contributed by atoms with Gasteiger partial charge in [-0.3, -0.25) is 0 Å². The summed E-state index contributed by atoms with van der Waals surface area (Å²) in [6, 6.07) is 8.27. The summed E-state index contributed by atoms with van der Waals surface area (Å²) in [6.45, 7) is 1.79. The predicted molar refractivity (Wildman–Crippen MR) is 62.9 cm³/mol. The summed E-state index contributed by atoms with van der Waals surface area (Å²) in [5.41, 5.74) is 0. The van der Waals surface area contributed by atoms with E-state index in [1.54, 1.807) is 30.3 Å². The van der Waals surface area contributed by atoms with Crippen LogP contribution >= 0.6 is 0 Å². The quantitative estimate of drug-likeness (QED) is 0.592. The van der Waals surface area contributed by atoms with Crippen LogP contribution in [0.5, 0.6) is 0 Å². The molecule has 1 aliphatic heterocycles. The molecule has 0 saturated carbocycles. The SMILES string of the molecule is O=S(=O)(/N=C/N1CCCC1)c1ccccc1. The number of likely N-dealkylation sites (tertiary alicyclic amines) is 1. The van der Waals surface area contributed by atoms with Crippen molar-refractivity contribution in [1.82, 2.24) is 4.90 Å². The lowest BCUT2D eigenvalue weighted by molar-refractivity contribution is 0.535. The van der Waals surface area contributed by atoms with E-state index in [4.69, 9.17) is 0 Å². The summed E-state index contributed by atoms with van der Waals surface area (Å²) >= 11 is 0. The van der Waals surface area contributed by atoms with Crippen molar-refractivity contribution in [3.05, 3.63) is 30.3 Å². The number of hydrogen-bond acceptors (Lipinski definition) is 2. The monoisotopic (exact) mass is 238 g/mol. The molecule has 0 atom stereocenters. The third kappa shape index (κ3) is 2.61. The maximum absolute atomic E-state index is 11.8. The first-order valence-corrected chi connectivity index (χ1v) is 6.72. The van der Waals surface area contributed by atoms with Crippen LogP contribution in [0.25, 0.3) is 0 Å². The van der Waals surface area contributed by atoms with E-state index in [2.05, 4.69) is 4.40 Å². The van der Waals surface area contributed by atoms with Gasteiger partial charge in [0.1, 0.15) is 6.34 Å². The minimum Gasteiger partial charge on any atom is -0.362 e. The Kier molecular flexibility index (Phi) is 3.24. The Balaban J connectivity index is 2.14. The van der Waals surface area contributed by atoms with Gasteiger partial charge in [0.25, 0.3) is 10.0 Å². The molecule has 0 bridgehead atoms. The zero-order valence-electron chi connectivity index (χ0n) is 8.91. The molecule has 0 amide bonds. The topological polar surface area (TPSA) is 49.7 Å². The number of rotatable bonds is 3. The number of nitrogens with zero attached hydrogens (tertiary/aromatic N) is 2. The van der Waals surface area contributed by atoms with Crippen molar-refractivity contribution < 1.29 is 8.42 Å². The second-order valence-corrected chi connectivity index (χ2v) is 5.38. The van der Waals surface area contributed by atoms with Gasteiger partial charge in [-0.15, -0.1) is 4.40 Å². The van der Waals surface area contributed by atoms with Gasteiger partial charge in [-0.25, -0.2) is 0 Å². The molecule has 16 heavy (non-hydrogen) atoms. The molecule has 1 aromatic rings. The molecule has 1 fully saturated rings.